The molecule has 1 saturated carbocycles. The van der Waals surface area contributed by atoms with Crippen LogP contribution in [0.2, 0.25) is 0 Å². The van der Waals surface area contributed by atoms with Crippen LogP contribution in [0.3, 0.4) is 0 Å². The van der Waals surface area contributed by atoms with Crippen LogP contribution in [0, 0.1) is 0 Å². The van der Waals surface area contributed by atoms with Gasteiger partial charge in [0.2, 0.25) is 0 Å². The van der Waals surface area contributed by atoms with E-state index in [9.17, 15) is 0 Å². The molecule has 0 amide bonds. The molecule has 0 bridgehead atoms. The van der Waals surface area contributed by atoms with Gasteiger partial charge in [-0.3, -0.25) is 0 Å². The summed E-state index contributed by atoms with van der Waals surface area (Å²) in [4.78, 5) is 5.72. The third kappa shape index (κ3) is 4.29. The van der Waals surface area contributed by atoms with Crippen molar-refractivity contribution in [2.45, 2.75) is 51.8 Å². The van der Waals surface area contributed by atoms with Crippen molar-refractivity contribution in [1.82, 2.24) is 10.3 Å². The lowest BCUT2D eigenvalue weighted by molar-refractivity contribution is 0.305. The highest BCUT2D eigenvalue weighted by Crippen LogP contribution is 2.22. The number of hydrogen-bond acceptors (Lipinski definition) is 4. The molecule has 0 aliphatic heterocycles. The Labute approximate surface area is 130 Å². The van der Waals surface area contributed by atoms with E-state index in [4.69, 9.17) is 4.74 Å². The highest BCUT2D eigenvalue weighted by molar-refractivity contribution is 7.11. The van der Waals surface area contributed by atoms with Gasteiger partial charge in [0, 0.05) is 23.7 Å². The Morgan fingerprint density at radius 3 is 2.71 bits per heavy atom. The van der Waals surface area contributed by atoms with E-state index in [1.807, 2.05) is 18.3 Å². The van der Waals surface area contributed by atoms with Crippen LogP contribution in [0.1, 0.15) is 48.1 Å². The number of nitrogens with one attached hydrogen (secondary N) is 1. The minimum Gasteiger partial charge on any atom is -0.486 e. The second kappa shape index (κ2) is 6.58. The summed E-state index contributed by atoms with van der Waals surface area (Å²) in [5, 5.41) is 4.54. The summed E-state index contributed by atoms with van der Waals surface area (Å²) in [5.41, 5.74) is 1.34. The van der Waals surface area contributed by atoms with Crippen molar-refractivity contribution < 1.29 is 4.74 Å². The number of aromatic nitrogens is 1. The molecule has 112 valence electrons. The predicted molar refractivity (Wildman–Crippen MR) is 86.8 cm³/mol. The Hall–Kier alpha value is -1.39. The quantitative estimate of drug-likeness (QED) is 0.836. The fraction of sp³-hybridized carbons (Fsp3) is 0.471. The summed E-state index contributed by atoms with van der Waals surface area (Å²) in [6.07, 6.45) is 4.60. The average molecular weight is 302 g/mol. The molecule has 0 saturated heterocycles. The summed E-state index contributed by atoms with van der Waals surface area (Å²) in [6, 6.07) is 9.09. The minimum atomic E-state index is 0.551. The molecule has 4 heteroatoms. The largest absolute Gasteiger partial charge is 0.486 e. The van der Waals surface area contributed by atoms with E-state index in [1.54, 1.807) is 11.3 Å². The molecule has 1 aromatic heterocycles. The fourth-order valence-corrected chi connectivity index (χ4v) is 2.91. The number of ether oxygens (including phenoxy) is 1. The molecule has 1 aromatic carbocycles. The van der Waals surface area contributed by atoms with Crippen molar-refractivity contribution in [3.63, 3.8) is 0 Å². The van der Waals surface area contributed by atoms with Crippen LogP contribution in [0.5, 0.6) is 5.75 Å². The van der Waals surface area contributed by atoms with E-state index < -0.39 is 0 Å². The normalized spacial score (nSPS) is 14.6. The lowest BCUT2D eigenvalue weighted by atomic mass is 10.0. The van der Waals surface area contributed by atoms with Crippen molar-refractivity contribution in [3.8, 4) is 5.75 Å². The van der Waals surface area contributed by atoms with Crippen LogP contribution < -0.4 is 10.1 Å². The number of thiazole rings is 1. The highest BCUT2D eigenvalue weighted by Gasteiger charge is 2.20. The topological polar surface area (TPSA) is 34.1 Å². The van der Waals surface area contributed by atoms with E-state index in [-0.39, 0.29) is 0 Å². The van der Waals surface area contributed by atoms with Crippen molar-refractivity contribution in [3.05, 3.63) is 45.9 Å². The maximum atomic E-state index is 5.81. The first-order valence-corrected chi connectivity index (χ1v) is 8.42. The standard InChI is InChI=1S/C17H22N2OS/c1-12(2)13-3-7-15(8-4-13)20-11-17-19-10-16(21-17)9-18-14-5-6-14/h3-4,7-8,10,12,14,18H,5-6,9,11H2,1-2H3. The third-order valence-electron chi connectivity index (χ3n) is 3.65. The van der Waals surface area contributed by atoms with Gasteiger partial charge in [0.15, 0.2) is 0 Å². The highest BCUT2D eigenvalue weighted by atomic mass is 32.1. The van der Waals surface area contributed by atoms with E-state index in [1.165, 1.54) is 23.3 Å². The first kappa shape index (κ1) is 14.5. The summed E-state index contributed by atoms with van der Waals surface area (Å²) in [5.74, 6) is 1.46. The first-order chi connectivity index (χ1) is 10.2. The second-order valence-corrected chi connectivity index (χ2v) is 7.09. The second-order valence-electron chi connectivity index (χ2n) is 5.89. The molecule has 0 radical (unpaired) electrons. The average Bonchev–Trinajstić information content (AvgIpc) is 3.21. The Morgan fingerprint density at radius 2 is 2.05 bits per heavy atom. The molecule has 1 aliphatic carbocycles. The molecule has 3 rings (SSSR count). The minimum absolute atomic E-state index is 0.551. The van der Waals surface area contributed by atoms with Gasteiger partial charge >= 0.3 is 0 Å². The van der Waals surface area contributed by atoms with Gasteiger partial charge in [-0.25, -0.2) is 4.98 Å². The van der Waals surface area contributed by atoms with Gasteiger partial charge in [-0.05, 0) is 36.5 Å². The smallest absolute Gasteiger partial charge is 0.140 e. The molecular formula is C17H22N2OS. The van der Waals surface area contributed by atoms with Crippen molar-refractivity contribution in [2.75, 3.05) is 0 Å². The number of rotatable bonds is 7. The van der Waals surface area contributed by atoms with Gasteiger partial charge in [-0.1, -0.05) is 26.0 Å². The van der Waals surface area contributed by atoms with E-state index in [0.717, 1.165) is 23.3 Å². The van der Waals surface area contributed by atoms with E-state index in [0.29, 0.717) is 12.5 Å². The van der Waals surface area contributed by atoms with Gasteiger partial charge in [-0.2, -0.15) is 0 Å². The number of hydrogen-bond donors (Lipinski definition) is 1. The summed E-state index contributed by atoms with van der Waals surface area (Å²) < 4.78 is 5.81. The van der Waals surface area contributed by atoms with Crippen molar-refractivity contribution in [1.29, 1.82) is 0 Å². The summed E-state index contributed by atoms with van der Waals surface area (Å²) in [7, 11) is 0. The van der Waals surface area contributed by atoms with Gasteiger partial charge in [-0.15, -0.1) is 11.3 Å². The number of nitrogens with zero attached hydrogens (tertiary/aromatic N) is 1. The van der Waals surface area contributed by atoms with Crippen LogP contribution in [-0.2, 0) is 13.2 Å². The lowest BCUT2D eigenvalue weighted by Crippen LogP contribution is -2.14. The zero-order chi connectivity index (χ0) is 14.7. The Kier molecular flexibility index (Phi) is 4.56. The molecule has 1 aliphatic rings. The van der Waals surface area contributed by atoms with Gasteiger partial charge in [0.1, 0.15) is 17.4 Å². The molecule has 2 aromatic rings. The Balaban J connectivity index is 1.49. The van der Waals surface area contributed by atoms with Crippen LogP contribution in [0.4, 0.5) is 0 Å². The molecule has 3 nitrogen and oxygen atoms in total. The predicted octanol–water partition coefficient (Wildman–Crippen LogP) is 4.10. The van der Waals surface area contributed by atoms with Crippen LogP contribution in [0.15, 0.2) is 30.5 Å². The monoisotopic (exact) mass is 302 g/mol. The zero-order valence-electron chi connectivity index (χ0n) is 12.6. The number of benzene rings is 1. The van der Waals surface area contributed by atoms with Gasteiger partial charge < -0.3 is 10.1 Å². The molecule has 0 unspecified atom stereocenters. The molecule has 21 heavy (non-hydrogen) atoms. The maximum Gasteiger partial charge on any atom is 0.140 e. The molecule has 1 heterocycles. The lowest BCUT2D eigenvalue weighted by Gasteiger charge is -2.07. The molecular weight excluding hydrogens is 280 g/mol. The Bertz CT molecular complexity index is 573. The van der Waals surface area contributed by atoms with Crippen molar-refractivity contribution in [2.24, 2.45) is 0 Å². The van der Waals surface area contributed by atoms with Gasteiger partial charge in [0.05, 0.1) is 0 Å². The third-order valence-corrected chi connectivity index (χ3v) is 4.62. The first-order valence-electron chi connectivity index (χ1n) is 7.60. The maximum absolute atomic E-state index is 5.81. The SMILES string of the molecule is CC(C)c1ccc(OCc2ncc(CNC3CC3)s2)cc1. The molecule has 0 spiro atoms. The summed E-state index contributed by atoms with van der Waals surface area (Å²) >= 11 is 1.73. The van der Waals surface area contributed by atoms with Gasteiger partial charge in [0.25, 0.3) is 0 Å². The van der Waals surface area contributed by atoms with Crippen LogP contribution in [0.25, 0.3) is 0 Å². The fourth-order valence-electron chi connectivity index (χ4n) is 2.12. The van der Waals surface area contributed by atoms with Crippen molar-refractivity contribution >= 4 is 11.3 Å². The van der Waals surface area contributed by atoms with Crippen LogP contribution in [-0.4, -0.2) is 11.0 Å². The molecule has 1 fully saturated rings. The zero-order valence-corrected chi connectivity index (χ0v) is 13.5. The molecule has 0 atom stereocenters. The van der Waals surface area contributed by atoms with E-state index >= 15 is 0 Å². The Morgan fingerprint density at radius 1 is 1.29 bits per heavy atom. The van der Waals surface area contributed by atoms with E-state index in [2.05, 4.69) is 36.3 Å². The molecule has 1 N–H and O–H groups in total. The summed E-state index contributed by atoms with van der Waals surface area (Å²) in [6.45, 7) is 5.88. The van der Waals surface area contributed by atoms with Crippen LogP contribution >= 0.6 is 11.3 Å².